The Morgan fingerprint density at radius 2 is 1.55 bits per heavy atom. The summed E-state index contributed by atoms with van der Waals surface area (Å²) in [5.41, 5.74) is 8.94. The normalized spacial score (nSPS) is 10.4. The van der Waals surface area contributed by atoms with Crippen LogP contribution >= 0.6 is 0 Å². The molecule has 0 aliphatic rings. The molecule has 0 unspecified atom stereocenters. The molecule has 0 bridgehead atoms. The van der Waals surface area contributed by atoms with Gasteiger partial charge in [0.1, 0.15) is 0 Å². The molecule has 1 amide bonds. The summed E-state index contributed by atoms with van der Waals surface area (Å²) >= 11 is 0. The molecule has 98 valence electrons. The van der Waals surface area contributed by atoms with E-state index in [0.29, 0.717) is 5.56 Å². The minimum atomic E-state index is -0.410. The third kappa shape index (κ3) is 2.31. The van der Waals surface area contributed by atoms with Crippen molar-refractivity contribution in [3.05, 3.63) is 72.8 Å². The molecule has 0 saturated heterocycles. The maximum Gasteiger partial charge on any atom is 0.248 e. The smallest absolute Gasteiger partial charge is 0.248 e. The van der Waals surface area contributed by atoms with Crippen molar-refractivity contribution in [3.8, 4) is 16.8 Å². The maximum atomic E-state index is 11.0. The molecule has 2 aromatic carbocycles. The molecular formula is C16H13N3O. The second-order valence-corrected chi connectivity index (χ2v) is 4.46. The molecule has 3 rings (SSSR count). The molecule has 4 nitrogen and oxygen atoms in total. The highest BCUT2D eigenvalue weighted by molar-refractivity contribution is 5.93. The predicted molar refractivity (Wildman–Crippen MR) is 77.5 cm³/mol. The van der Waals surface area contributed by atoms with E-state index in [1.807, 2.05) is 47.2 Å². The van der Waals surface area contributed by atoms with Crippen LogP contribution in [0, 0.1) is 0 Å². The Morgan fingerprint density at radius 1 is 0.950 bits per heavy atom. The summed E-state index contributed by atoms with van der Waals surface area (Å²) in [4.78, 5) is 15.1. The number of amides is 1. The first-order valence-corrected chi connectivity index (χ1v) is 6.23. The summed E-state index contributed by atoms with van der Waals surface area (Å²) in [7, 11) is 0. The number of nitrogens with zero attached hydrogens (tertiary/aromatic N) is 2. The Morgan fingerprint density at radius 3 is 2.05 bits per heavy atom. The van der Waals surface area contributed by atoms with Gasteiger partial charge in [0.15, 0.2) is 0 Å². The van der Waals surface area contributed by atoms with Crippen LogP contribution in [0.25, 0.3) is 16.8 Å². The summed E-state index contributed by atoms with van der Waals surface area (Å²) in [6.45, 7) is 0. The van der Waals surface area contributed by atoms with Gasteiger partial charge in [-0.15, -0.1) is 0 Å². The third-order valence-corrected chi connectivity index (χ3v) is 3.17. The summed E-state index contributed by atoms with van der Waals surface area (Å²) in [5.74, 6) is -0.410. The van der Waals surface area contributed by atoms with Crippen LogP contribution < -0.4 is 5.73 Å². The lowest BCUT2D eigenvalue weighted by molar-refractivity contribution is 0.100. The number of primary amides is 1. The van der Waals surface area contributed by atoms with Crippen LogP contribution in [-0.4, -0.2) is 15.5 Å². The fraction of sp³-hybridized carbons (Fsp3) is 0. The number of carbonyl (C=O) groups is 1. The van der Waals surface area contributed by atoms with E-state index < -0.39 is 5.91 Å². The Hall–Kier alpha value is -2.88. The van der Waals surface area contributed by atoms with Crippen molar-refractivity contribution in [1.29, 1.82) is 0 Å². The number of rotatable bonds is 3. The molecule has 3 aromatic rings. The maximum absolute atomic E-state index is 11.0. The Kier molecular flexibility index (Phi) is 3.05. The summed E-state index contributed by atoms with van der Waals surface area (Å²) < 4.78 is 1.94. The number of imidazole rings is 1. The molecule has 2 N–H and O–H groups in total. The van der Waals surface area contributed by atoms with Crippen molar-refractivity contribution in [2.24, 2.45) is 5.73 Å². The fourth-order valence-electron chi connectivity index (χ4n) is 2.06. The molecular weight excluding hydrogens is 250 g/mol. The molecule has 20 heavy (non-hydrogen) atoms. The van der Waals surface area contributed by atoms with Crippen molar-refractivity contribution >= 4 is 5.91 Å². The number of nitrogens with two attached hydrogens (primary N) is 1. The summed E-state index contributed by atoms with van der Waals surface area (Å²) in [6.07, 6.45) is 5.41. The standard InChI is InChI=1S/C16H13N3O/c17-16(20)14-3-1-12(2-4-14)13-5-7-15(8-6-13)19-10-9-18-11-19/h1-11H,(H2,17,20). The van der Waals surface area contributed by atoms with Gasteiger partial charge in [0.05, 0.1) is 6.33 Å². The molecule has 4 heteroatoms. The average Bonchev–Trinajstić information content (AvgIpc) is 3.02. The Balaban J connectivity index is 1.89. The lowest BCUT2D eigenvalue weighted by Gasteiger charge is -2.05. The molecule has 0 fully saturated rings. The van der Waals surface area contributed by atoms with E-state index in [1.54, 1.807) is 24.7 Å². The Bertz CT molecular complexity index is 713. The van der Waals surface area contributed by atoms with Gasteiger partial charge >= 0.3 is 0 Å². The lowest BCUT2D eigenvalue weighted by Crippen LogP contribution is -2.10. The molecule has 0 saturated carbocycles. The highest BCUT2D eigenvalue weighted by atomic mass is 16.1. The van der Waals surface area contributed by atoms with Gasteiger partial charge < -0.3 is 10.3 Å². The van der Waals surface area contributed by atoms with Gasteiger partial charge in [-0.2, -0.15) is 0 Å². The van der Waals surface area contributed by atoms with Crippen LogP contribution in [0.15, 0.2) is 67.3 Å². The topological polar surface area (TPSA) is 60.9 Å². The van der Waals surface area contributed by atoms with Crippen molar-refractivity contribution in [3.63, 3.8) is 0 Å². The zero-order valence-electron chi connectivity index (χ0n) is 10.7. The minimum Gasteiger partial charge on any atom is -0.366 e. The van der Waals surface area contributed by atoms with Gasteiger partial charge in [-0.1, -0.05) is 24.3 Å². The average molecular weight is 263 g/mol. The second kappa shape index (κ2) is 5.01. The van der Waals surface area contributed by atoms with Crippen LogP contribution in [0.2, 0.25) is 0 Å². The van der Waals surface area contributed by atoms with E-state index in [4.69, 9.17) is 5.73 Å². The van der Waals surface area contributed by atoms with Crippen molar-refractivity contribution in [2.45, 2.75) is 0 Å². The van der Waals surface area contributed by atoms with Crippen molar-refractivity contribution < 1.29 is 4.79 Å². The van der Waals surface area contributed by atoms with Crippen LogP contribution in [0.1, 0.15) is 10.4 Å². The van der Waals surface area contributed by atoms with E-state index >= 15 is 0 Å². The number of aromatic nitrogens is 2. The highest BCUT2D eigenvalue weighted by Crippen LogP contribution is 2.21. The van der Waals surface area contributed by atoms with Gasteiger partial charge in [-0.25, -0.2) is 4.98 Å². The minimum absolute atomic E-state index is 0.410. The molecule has 0 spiro atoms. The molecule has 0 atom stereocenters. The molecule has 0 aliphatic carbocycles. The third-order valence-electron chi connectivity index (χ3n) is 3.17. The van der Waals surface area contributed by atoms with E-state index in [2.05, 4.69) is 4.98 Å². The van der Waals surface area contributed by atoms with Crippen molar-refractivity contribution in [1.82, 2.24) is 9.55 Å². The van der Waals surface area contributed by atoms with Gasteiger partial charge in [0.2, 0.25) is 5.91 Å². The van der Waals surface area contributed by atoms with Crippen LogP contribution in [0.3, 0.4) is 0 Å². The largest absolute Gasteiger partial charge is 0.366 e. The zero-order chi connectivity index (χ0) is 13.9. The molecule has 1 aromatic heterocycles. The van der Waals surface area contributed by atoms with Gasteiger partial charge in [0.25, 0.3) is 0 Å². The second-order valence-electron chi connectivity index (χ2n) is 4.46. The van der Waals surface area contributed by atoms with E-state index in [9.17, 15) is 4.79 Å². The molecule has 1 heterocycles. The molecule has 0 radical (unpaired) electrons. The SMILES string of the molecule is NC(=O)c1ccc(-c2ccc(-n3ccnc3)cc2)cc1. The Labute approximate surface area is 116 Å². The van der Waals surface area contributed by atoms with E-state index in [-0.39, 0.29) is 0 Å². The number of benzene rings is 2. The zero-order valence-corrected chi connectivity index (χ0v) is 10.7. The predicted octanol–water partition coefficient (Wildman–Crippen LogP) is 2.64. The fourth-order valence-corrected chi connectivity index (χ4v) is 2.06. The first-order chi connectivity index (χ1) is 9.74. The number of hydrogen-bond acceptors (Lipinski definition) is 2. The molecule has 0 aliphatic heterocycles. The summed E-state index contributed by atoms with van der Waals surface area (Å²) in [5, 5.41) is 0. The summed E-state index contributed by atoms with van der Waals surface area (Å²) in [6, 6.07) is 15.4. The van der Waals surface area contributed by atoms with E-state index in [1.165, 1.54) is 0 Å². The van der Waals surface area contributed by atoms with Gasteiger partial charge in [0, 0.05) is 23.6 Å². The number of carbonyl (C=O) groups excluding carboxylic acids is 1. The highest BCUT2D eigenvalue weighted by Gasteiger charge is 2.02. The quantitative estimate of drug-likeness (QED) is 0.789. The van der Waals surface area contributed by atoms with Gasteiger partial charge in [-0.3, -0.25) is 4.79 Å². The van der Waals surface area contributed by atoms with Crippen LogP contribution in [0.4, 0.5) is 0 Å². The van der Waals surface area contributed by atoms with E-state index in [0.717, 1.165) is 16.8 Å². The van der Waals surface area contributed by atoms with Crippen LogP contribution in [-0.2, 0) is 0 Å². The van der Waals surface area contributed by atoms with Crippen LogP contribution in [0.5, 0.6) is 0 Å². The first-order valence-electron chi connectivity index (χ1n) is 6.23. The monoisotopic (exact) mass is 263 g/mol. The van der Waals surface area contributed by atoms with Gasteiger partial charge in [-0.05, 0) is 35.4 Å². The lowest BCUT2D eigenvalue weighted by atomic mass is 10.0. The van der Waals surface area contributed by atoms with Crippen molar-refractivity contribution in [2.75, 3.05) is 0 Å². The number of hydrogen-bond donors (Lipinski definition) is 1. The first kappa shape index (κ1) is 12.2.